The Hall–Kier alpha value is -5.15. The number of rotatable bonds is 5. The van der Waals surface area contributed by atoms with Gasteiger partial charge >= 0.3 is 0 Å². The lowest BCUT2D eigenvalue weighted by atomic mass is 10.2. The van der Waals surface area contributed by atoms with E-state index in [1.165, 1.54) is 5.69 Å². The third-order valence-electron chi connectivity index (χ3n) is 7.99. The molecule has 1 aliphatic heterocycles. The maximum absolute atomic E-state index is 5.27. The Bertz CT molecular complexity index is 2050. The number of benzene rings is 4. The topological polar surface area (TPSA) is 126 Å². The summed E-state index contributed by atoms with van der Waals surface area (Å²) in [5, 5.41) is 0. The third-order valence-corrected chi connectivity index (χ3v) is 7.99. The van der Waals surface area contributed by atoms with Crippen molar-refractivity contribution in [2.45, 2.75) is 12.5 Å². The van der Waals surface area contributed by atoms with Crippen LogP contribution in [0.2, 0.25) is 0 Å². The summed E-state index contributed by atoms with van der Waals surface area (Å²) >= 11 is 0. The Morgan fingerprint density at radius 3 is 1.73 bits per heavy atom. The fraction of sp³-hybridized carbons (Fsp3) is 0.156. The van der Waals surface area contributed by atoms with E-state index in [-0.39, 0.29) is 0 Å². The average Bonchev–Trinajstić information content (AvgIpc) is 3.80. The van der Waals surface area contributed by atoms with Gasteiger partial charge < -0.3 is 30.3 Å². The fourth-order valence-electron chi connectivity index (χ4n) is 5.73. The molecule has 0 aliphatic carbocycles. The number of anilines is 1. The molecule has 6 N–H and O–H groups in total. The first kappa shape index (κ1) is 23.7. The molecule has 3 aromatic heterocycles. The molecule has 0 spiro atoms. The van der Waals surface area contributed by atoms with Gasteiger partial charge in [0.15, 0.2) is 0 Å². The van der Waals surface area contributed by atoms with E-state index in [1.54, 1.807) is 7.11 Å². The van der Waals surface area contributed by atoms with Crippen LogP contribution in [0.25, 0.3) is 67.3 Å². The van der Waals surface area contributed by atoms with E-state index in [4.69, 9.17) is 19.7 Å². The van der Waals surface area contributed by atoms with Gasteiger partial charge in [-0.3, -0.25) is 0 Å². The Labute approximate surface area is 235 Å². The second kappa shape index (κ2) is 9.21. The molecule has 7 aromatic rings. The summed E-state index contributed by atoms with van der Waals surface area (Å²) < 4.78 is 5.27. The van der Waals surface area contributed by atoms with Crippen molar-refractivity contribution in [3.63, 3.8) is 0 Å². The maximum Gasteiger partial charge on any atom is 0.138 e. The molecule has 0 radical (unpaired) electrons. The normalized spacial score (nSPS) is 15.5. The van der Waals surface area contributed by atoms with Crippen molar-refractivity contribution in [1.29, 1.82) is 0 Å². The fourth-order valence-corrected chi connectivity index (χ4v) is 5.73. The smallest absolute Gasteiger partial charge is 0.138 e. The van der Waals surface area contributed by atoms with Crippen molar-refractivity contribution in [2.24, 2.45) is 0 Å². The molecule has 1 atom stereocenters. The molecule has 0 unspecified atom stereocenters. The Morgan fingerprint density at radius 1 is 0.683 bits per heavy atom. The molecule has 0 bridgehead atoms. The Morgan fingerprint density at radius 2 is 1.20 bits per heavy atom. The first-order valence-electron chi connectivity index (χ1n) is 13.8. The van der Waals surface area contributed by atoms with Crippen LogP contribution in [0.1, 0.15) is 6.42 Å². The van der Waals surface area contributed by atoms with Crippen LogP contribution in [0.3, 0.4) is 0 Å². The molecular weight excluding hydrogens is 512 g/mol. The summed E-state index contributed by atoms with van der Waals surface area (Å²) in [4.78, 5) is 27.4. The van der Waals surface area contributed by atoms with E-state index in [9.17, 15) is 0 Å². The van der Waals surface area contributed by atoms with Gasteiger partial charge in [0.05, 0.1) is 46.8 Å². The molecular formula is C32H29N8O+. The predicted octanol–water partition coefficient (Wildman–Crippen LogP) is 5.15. The van der Waals surface area contributed by atoms with E-state index in [0.717, 1.165) is 92.5 Å². The standard InChI is InChI=1S/C32H28N8O/c1-41-23-7-2-18(3-8-23)30-34-24-9-4-19(14-27(24)37-30)31-35-25-10-5-20(15-28(25)38-31)32-36-26-11-6-22(16-29(26)39-32)40-13-12-21(33)17-40/h2-11,14-16,21H,12-13,17,33H2,1H3,(H,34,37)(H,35,38)(H,36,39)/p+1/t21-/m0/s1. The predicted molar refractivity (Wildman–Crippen MR) is 162 cm³/mol. The van der Waals surface area contributed by atoms with Crippen LogP contribution in [0.4, 0.5) is 5.69 Å². The van der Waals surface area contributed by atoms with E-state index in [1.807, 2.05) is 42.5 Å². The zero-order chi connectivity index (χ0) is 27.5. The summed E-state index contributed by atoms with van der Waals surface area (Å²) in [5.74, 6) is 3.29. The van der Waals surface area contributed by atoms with Crippen molar-refractivity contribution < 1.29 is 10.5 Å². The molecule has 1 fully saturated rings. The quantitative estimate of drug-likeness (QED) is 0.240. The Kier molecular flexibility index (Phi) is 5.33. The Balaban J connectivity index is 1.09. The molecule has 4 heterocycles. The molecule has 4 aromatic carbocycles. The monoisotopic (exact) mass is 541 g/mol. The first-order valence-corrected chi connectivity index (χ1v) is 13.8. The van der Waals surface area contributed by atoms with Crippen molar-refractivity contribution >= 4 is 38.8 Å². The van der Waals surface area contributed by atoms with Gasteiger partial charge in [-0.2, -0.15) is 0 Å². The van der Waals surface area contributed by atoms with Crippen LogP contribution in [-0.2, 0) is 0 Å². The summed E-state index contributed by atoms with van der Waals surface area (Å²) in [5.41, 5.74) is 14.2. The number of nitrogens with zero attached hydrogens (tertiary/aromatic N) is 4. The van der Waals surface area contributed by atoms with Crippen LogP contribution in [0.5, 0.6) is 5.75 Å². The van der Waals surface area contributed by atoms with Crippen LogP contribution < -0.4 is 15.4 Å². The van der Waals surface area contributed by atoms with E-state index in [2.05, 4.69) is 62.0 Å². The number of imidazole rings is 3. The third kappa shape index (κ3) is 4.18. The second-order valence-electron chi connectivity index (χ2n) is 10.8. The lowest BCUT2D eigenvalue weighted by molar-refractivity contribution is -0.412. The molecule has 0 amide bonds. The largest absolute Gasteiger partial charge is 0.497 e. The zero-order valence-electron chi connectivity index (χ0n) is 22.6. The minimum atomic E-state index is 0.493. The van der Waals surface area contributed by atoms with Gasteiger partial charge in [-0.05, 0) is 78.9 Å². The van der Waals surface area contributed by atoms with Crippen molar-refractivity contribution in [3.8, 4) is 39.9 Å². The van der Waals surface area contributed by atoms with Crippen molar-refractivity contribution in [1.82, 2.24) is 29.9 Å². The number of nitrogens with one attached hydrogen (secondary N) is 3. The number of H-pyrrole nitrogens is 3. The number of hydrogen-bond acceptors (Lipinski definition) is 5. The van der Waals surface area contributed by atoms with Gasteiger partial charge in [-0.1, -0.05) is 0 Å². The minimum Gasteiger partial charge on any atom is -0.497 e. The minimum absolute atomic E-state index is 0.493. The second-order valence-corrected chi connectivity index (χ2v) is 10.8. The van der Waals surface area contributed by atoms with Crippen LogP contribution in [0, 0.1) is 0 Å². The summed E-state index contributed by atoms with van der Waals surface area (Å²) in [6.07, 6.45) is 1.14. The van der Waals surface area contributed by atoms with Gasteiger partial charge in [0.25, 0.3) is 0 Å². The summed E-state index contributed by atoms with van der Waals surface area (Å²) in [7, 11) is 1.67. The zero-order valence-corrected chi connectivity index (χ0v) is 22.6. The highest BCUT2D eigenvalue weighted by atomic mass is 16.5. The lowest BCUT2D eigenvalue weighted by Gasteiger charge is -2.16. The first-order chi connectivity index (χ1) is 20.1. The van der Waals surface area contributed by atoms with Gasteiger partial charge in [-0.15, -0.1) is 0 Å². The highest BCUT2D eigenvalue weighted by Gasteiger charge is 2.22. The molecule has 1 aliphatic rings. The molecule has 9 heteroatoms. The molecule has 8 rings (SSSR count). The molecule has 41 heavy (non-hydrogen) atoms. The van der Waals surface area contributed by atoms with Gasteiger partial charge in [-0.25, -0.2) is 15.0 Å². The number of aromatic amines is 3. The maximum atomic E-state index is 5.27. The van der Waals surface area contributed by atoms with Gasteiger partial charge in [0.1, 0.15) is 29.3 Å². The molecule has 1 saturated heterocycles. The summed E-state index contributed by atoms with van der Waals surface area (Å²) in [6, 6.07) is 27.2. The number of aromatic nitrogens is 6. The van der Waals surface area contributed by atoms with E-state index in [0.29, 0.717) is 6.04 Å². The van der Waals surface area contributed by atoms with Gasteiger partial charge in [0, 0.05) is 35.3 Å². The summed E-state index contributed by atoms with van der Waals surface area (Å²) in [6.45, 7) is 2.05. The number of ether oxygens (including phenoxy) is 1. The highest BCUT2D eigenvalue weighted by Crippen LogP contribution is 2.30. The lowest BCUT2D eigenvalue weighted by Crippen LogP contribution is -2.61. The van der Waals surface area contributed by atoms with Crippen LogP contribution in [0.15, 0.2) is 78.9 Å². The van der Waals surface area contributed by atoms with Gasteiger partial charge in [0.2, 0.25) is 0 Å². The van der Waals surface area contributed by atoms with Crippen LogP contribution in [-0.4, -0.2) is 56.1 Å². The number of hydrogen-bond donors (Lipinski definition) is 4. The SMILES string of the molecule is COc1ccc(-c2nc3ccc(-c4nc5ccc(-c6nc7ccc(N8CC[C@H]([NH3+])C8)cc7[nH]6)cc5[nH]4)cc3[nH]2)cc1. The highest BCUT2D eigenvalue weighted by molar-refractivity contribution is 5.89. The molecule has 0 saturated carbocycles. The van der Waals surface area contributed by atoms with Crippen molar-refractivity contribution in [2.75, 3.05) is 25.1 Å². The molecule has 9 nitrogen and oxygen atoms in total. The molecule has 202 valence electrons. The number of fused-ring (bicyclic) bond motifs is 3. The van der Waals surface area contributed by atoms with Crippen molar-refractivity contribution in [3.05, 3.63) is 78.9 Å². The van der Waals surface area contributed by atoms with E-state index < -0.39 is 0 Å². The van der Waals surface area contributed by atoms with Crippen LogP contribution >= 0.6 is 0 Å². The average molecular weight is 542 g/mol. The van der Waals surface area contributed by atoms with E-state index >= 15 is 0 Å². The number of quaternary nitrogens is 1. The number of methoxy groups -OCH3 is 1.